The summed E-state index contributed by atoms with van der Waals surface area (Å²) in [6.45, 7) is 10.2. The van der Waals surface area contributed by atoms with E-state index in [9.17, 15) is 9.18 Å². The Bertz CT molecular complexity index is 478. The van der Waals surface area contributed by atoms with E-state index in [4.69, 9.17) is 0 Å². The van der Waals surface area contributed by atoms with Crippen LogP contribution in [0.2, 0.25) is 0 Å². The zero-order valence-corrected chi connectivity index (χ0v) is 13.1. The summed E-state index contributed by atoms with van der Waals surface area (Å²) in [7, 11) is 0. The number of carbonyl (C=O) groups is 1. The number of hydrogen-bond acceptors (Lipinski definition) is 2. The first-order valence-corrected chi connectivity index (χ1v) is 6.76. The Morgan fingerprint density at radius 3 is 2.37 bits per heavy atom. The third-order valence-electron chi connectivity index (χ3n) is 2.62. The van der Waals surface area contributed by atoms with E-state index in [0.29, 0.717) is 4.90 Å². The lowest BCUT2D eigenvalue weighted by Gasteiger charge is -2.33. The first-order chi connectivity index (χ1) is 8.50. The predicted molar refractivity (Wildman–Crippen MR) is 79.3 cm³/mol. The molecule has 4 heteroatoms. The van der Waals surface area contributed by atoms with Crippen LogP contribution in [0.3, 0.4) is 0 Å². The lowest BCUT2D eigenvalue weighted by atomic mass is 9.81. The van der Waals surface area contributed by atoms with E-state index < -0.39 is 17.3 Å². The molecule has 1 N–H and O–H groups in total. The van der Waals surface area contributed by atoms with Crippen molar-refractivity contribution in [2.75, 3.05) is 0 Å². The smallest absolute Gasteiger partial charge is 0.254 e. The molecule has 1 aromatic rings. The van der Waals surface area contributed by atoms with E-state index in [2.05, 4.69) is 38.7 Å². The number of halogens is 1. The quantitative estimate of drug-likeness (QED) is 0.805. The van der Waals surface area contributed by atoms with Crippen LogP contribution in [0.1, 0.15) is 51.4 Å². The number of benzene rings is 1. The topological polar surface area (TPSA) is 29.1 Å². The third-order valence-corrected chi connectivity index (χ3v) is 2.90. The highest BCUT2D eigenvalue weighted by Gasteiger charge is 2.28. The van der Waals surface area contributed by atoms with E-state index in [1.807, 2.05) is 13.8 Å². The molecule has 1 aromatic carbocycles. The largest absolute Gasteiger partial charge is 0.347 e. The molecule has 0 fully saturated rings. The van der Waals surface area contributed by atoms with Crippen LogP contribution in [-0.2, 0) is 0 Å². The number of amides is 1. The lowest BCUT2D eigenvalue weighted by molar-refractivity contribution is 0.0887. The lowest BCUT2D eigenvalue weighted by Crippen LogP contribution is -2.46. The van der Waals surface area contributed by atoms with Gasteiger partial charge in [-0.05, 0) is 43.9 Å². The first-order valence-electron chi connectivity index (χ1n) is 6.31. The Labute approximate surface area is 120 Å². The summed E-state index contributed by atoms with van der Waals surface area (Å²) in [5.74, 6) is -0.926. The Kier molecular flexibility index (Phi) is 4.67. The molecule has 0 aliphatic carbocycles. The molecule has 0 aliphatic heterocycles. The van der Waals surface area contributed by atoms with Crippen LogP contribution < -0.4 is 5.32 Å². The van der Waals surface area contributed by atoms with Crippen molar-refractivity contribution in [1.82, 2.24) is 5.32 Å². The van der Waals surface area contributed by atoms with Gasteiger partial charge in [-0.25, -0.2) is 4.39 Å². The molecule has 0 saturated heterocycles. The molecule has 0 aromatic heterocycles. The molecule has 0 atom stereocenters. The van der Waals surface area contributed by atoms with E-state index in [0.717, 1.165) is 6.42 Å². The summed E-state index contributed by atoms with van der Waals surface area (Å²) in [6.07, 6.45) is 0.800. The van der Waals surface area contributed by atoms with Gasteiger partial charge in [-0.15, -0.1) is 12.6 Å². The average molecular weight is 283 g/mol. The van der Waals surface area contributed by atoms with Gasteiger partial charge in [0.25, 0.3) is 5.91 Å². The summed E-state index contributed by atoms with van der Waals surface area (Å²) in [4.78, 5) is 12.7. The number of nitrogens with one attached hydrogen (secondary N) is 1. The van der Waals surface area contributed by atoms with Crippen LogP contribution in [0.25, 0.3) is 0 Å². The van der Waals surface area contributed by atoms with Crippen molar-refractivity contribution >= 4 is 18.5 Å². The van der Waals surface area contributed by atoms with E-state index >= 15 is 0 Å². The van der Waals surface area contributed by atoms with Crippen LogP contribution in [0.5, 0.6) is 0 Å². The van der Waals surface area contributed by atoms with Gasteiger partial charge >= 0.3 is 0 Å². The highest BCUT2D eigenvalue weighted by Crippen LogP contribution is 2.27. The van der Waals surface area contributed by atoms with Crippen molar-refractivity contribution in [3.05, 3.63) is 29.6 Å². The van der Waals surface area contributed by atoms with Crippen molar-refractivity contribution in [2.24, 2.45) is 5.41 Å². The van der Waals surface area contributed by atoms with E-state index in [1.54, 1.807) is 0 Å². The number of hydrogen-bond donors (Lipinski definition) is 2. The Hall–Kier alpha value is -1.03. The molecule has 0 aliphatic rings. The molecule has 1 amide bonds. The minimum absolute atomic E-state index is 0.0366. The summed E-state index contributed by atoms with van der Waals surface area (Å²) in [5, 5.41) is 2.88. The molecule has 106 valence electrons. The molecule has 0 spiro atoms. The molecule has 0 saturated carbocycles. The Morgan fingerprint density at radius 2 is 1.84 bits per heavy atom. The minimum Gasteiger partial charge on any atom is -0.347 e. The van der Waals surface area contributed by atoms with Crippen LogP contribution in [0.4, 0.5) is 4.39 Å². The fourth-order valence-corrected chi connectivity index (χ4v) is 2.64. The van der Waals surface area contributed by atoms with Gasteiger partial charge in [0.1, 0.15) is 5.82 Å². The van der Waals surface area contributed by atoms with Crippen LogP contribution in [-0.4, -0.2) is 11.4 Å². The number of rotatable bonds is 3. The molecule has 2 nitrogen and oxygen atoms in total. The van der Waals surface area contributed by atoms with Crippen molar-refractivity contribution in [3.8, 4) is 0 Å². The van der Waals surface area contributed by atoms with Crippen molar-refractivity contribution in [2.45, 2.75) is 51.5 Å². The molecule has 0 unspecified atom stereocenters. The van der Waals surface area contributed by atoms with Gasteiger partial charge in [0.2, 0.25) is 0 Å². The molecular formula is C15H22FNOS. The zero-order valence-electron chi connectivity index (χ0n) is 12.2. The summed E-state index contributed by atoms with van der Waals surface area (Å²) in [6, 6.07) is 4.23. The zero-order chi connectivity index (χ0) is 14.8. The fourth-order valence-electron chi connectivity index (χ4n) is 2.43. The van der Waals surface area contributed by atoms with E-state index in [1.165, 1.54) is 18.2 Å². The van der Waals surface area contributed by atoms with Crippen molar-refractivity contribution in [3.63, 3.8) is 0 Å². The van der Waals surface area contributed by atoms with Crippen LogP contribution in [0, 0.1) is 11.2 Å². The van der Waals surface area contributed by atoms with Crippen LogP contribution >= 0.6 is 12.6 Å². The van der Waals surface area contributed by atoms with Gasteiger partial charge in [-0.1, -0.05) is 20.8 Å². The summed E-state index contributed by atoms with van der Waals surface area (Å²) in [5.41, 5.74) is -0.274. The maximum absolute atomic E-state index is 13.6. The third kappa shape index (κ3) is 5.23. The second kappa shape index (κ2) is 5.53. The summed E-state index contributed by atoms with van der Waals surface area (Å²) >= 11 is 4.13. The van der Waals surface area contributed by atoms with Gasteiger partial charge in [-0.2, -0.15) is 0 Å². The second-order valence-corrected chi connectivity index (χ2v) is 7.26. The molecule has 19 heavy (non-hydrogen) atoms. The SMILES string of the molecule is CC(C)(C)CC(C)(C)NC(=O)c1cc(S)ccc1F. The van der Waals surface area contributed by atoms with Gasteiger partial charge in [0.05, 0.1) is 5.56 Å². The minimum atomic E-state index is -0.526. The standard InChI is InChI=1S/C15H22FNOS/c1-14(2,3)9-15(4,5)17-13(18)11-8-10(19)6-7-12(11)16/h6-8,19H,9H2,1-5H3,(H,17,18). The maximum atomic E-state index is 13.6. The molecule has 0 heterocycles. The van der Waals surface area contributed by atoms with Gasteiger partial charge in [-0.3, -0.25) is 4.79 Å². The van der Waals surface area contributed by atoms with Gasteiger partial charge < -0.3 is 5.32 Å². The van der Waals surface area contributed by atoms with Gasteiger partial charge in [0.15, 0.2) is 0 Å². The number of carbonyl (C=O) groups excluding carboxylic acids is 1. The fraction of sp³-hybridized carbons (Fsp3) is 0.533. The monoisotopic (exact) mass is 283 g/mol. The first kappa shape index (κ1) is 16.0. The highest BCUT2D eigenvalue weighted by atomic mass is 32.1. The van der Waals surface area contributed by atoms with E-state index in [-0.39, 0.29) is 11.0 Å². The Morgan fingerprint density at radius 1 is 1.26 bits per heavy atom. The van der Waals surface area contributed by atoms with Gasteiger partial charge in [0, 0.05) is 10.4 Å². The highest BCUT2D eigenvalue weighted by molar-refractivity contribution is 7.80. The molecule has 0 bridgehead atoms. The maximum Gasteiger partial charge on any atom is 0.254 e. The average Bonchev–Trinajstić information content (AvgIpc) is 2.16. The predicted octanol–water partition coefficient (Wildman–Crippen LogP) is 4.06. The molecule has 1 rings (SSSR count). The Balaban J connectivity index is 2.87. The van der Waals surface area contributed by atoms with Crippen molar-refractivity contribution in [1.29, 1.82) is 0 Å². The normalized spacial score (nSPS) is 12.4. The number of thiol groups is 1. The van der Waals surface area contributed by atoms with Crippen LogP contribution in [0.15, 0.2) is 23.1 Å². The second-order valence-electron chi connectivity index (χ2n) is 6.74. The van der Waals surface area contributed by atoms with Crippen molar-refractivity contribution < 1.29 is 9.18 Å². The molecule has 0 radical (unpaired) electrons. The molecular weight excluding hydrogens is 261 g/mol. The summed E-state index contributed by atoms with van der Waals surface area (Å²) < 4.78 is 13.6.